The van der Waals surface area contributed by atoms with E-state index >= 15 is 0 Å². The molecular formula is C24H39N3O3S. The second kappa shape index (κ2) is 10.9. The molecule has 31 heavy (non-hydrogen) atoms. The van der Waals surface area contributed by atoms with Crippen LogP contribution in [0.2, 0.25) is 0 Å². The third-order valence-corrected chi connectivity index (χ3v) is 8.54. The summed E-state index contributed by atoms with van der Waals surface area (Å²) in [5, 5.41) is 3.08. The lowest BCUT2D eigenvalue weighted by Crippen LogP contribution is -2.44. The average Bonchev–Trinajstić information content (AvgIpc) is 2.72. The quantitative estimate of drug-likeness (QED) is 0.620. The highest BCUT2D eigenvalue weighted by Crippen LogP contribution is 2.23. The van der Waals surface area contributed by atoms with Crippen LogP contribution in [0, 0.1) is 24.7 Å². The number of benzene rings is 1. The van der Waals surface area contributed by atoms with Crippen molar-refractivity contribution in [3.8, 4) is 0 Å². The van der Waals surface area contributed by atoms with E-state index in [9.17, 15) is 13.2 Å². The Kier molecular flexibility index (Phi) is 8.53. The Morgan fingerprint density at radius 2 is 1.74 bits per heavy atom. The van der Waals surface area contributed by atoms with Crippen molar-refractivity contribution in [1.82, 2.24) is 14.5 Å². The van der Waals surface area contributed by atoms with Crippen LogP contribution in [-0.4, -0.2) is 62.8 Å². The Morgan fingerprint density at radius 1 is 1.10 bits per heavy atom. The first-order valence-corrected chi connectivity index (χ1v) is 13.4. The van der Waals surface area contributed by atoms with Crippen LogP contribution in [0.15, 0.2) is 24.3 Å². The number of nitrogens with zero attached hydrogens (tertiary/aromatic N) is 2. The Morgan fingerprint density at radius 3 is 2.39 bits per heavy atom. The molecule has 1 aromatic rings. The maximum Gasteiger partial charge on any atom is 0.223 e. The molecule has 3 rings (SSSR count). The van der Waals surface area contributed by atoms with Crippen LogP contribution in [0.5, 0.6) is 0 Å². The van der Waals surface area contributed by atoms with Gasteiger partial charge in [-0.25, -0.2) is 12.7 Å². The number of likely N-dealkylation sites (tertiary alicyclic amines) is 1. The van der Waals surface area contributed by atoms with E-state index in [1.807, 2.05) is 31.2 Å². The number of aryl methyl sites for hydroxylation is 1. The van der Waals surface area contributed by atoms with Crippen LogP contribution >= 0.6 is 0 Å². The van der Waals surface area contributed by atoms with Gasteiger partial charge in [0.25, 0.3) is 0 Å². The predicted octanol–water partition coefficient (Wildman–Crippen LogP) is 3.02. The molecule has 1 N–H and O–H groups in total. The molecular weight excluding hydrogens is 410 g/mol. The summed E-state index contributed by atoms with van der Waals surface area (Å²) in [5.41, 5.74) is 1.84. The van der Waals surface area contributed by atoms with Crippen LogP contribution < -0.4 is 5.32 Å². The average molecular weight is 450 g/mol. The van der Waals surface area contributed by atoms with E-state index in [0.717, 1.165) is 49.0 Å². The molecule has 0 saturated carbocycles. The zero-order valence-corrected chi connectivity index (χ0v) is 20.2. The molecule has 2 atom stereocenters. The lowest BCUT2D eigenvalue weighted by Gasteiger charge is -2.35. The van der Waals surface area contributed by atoms with Crippen LogP contribution in [0.4, 0.5) is 0 Å². The van der Waals surface area contributed by atoms with E-state index in [2.05, 4.69) is 24.1 Å². The van der Waals surface area contributed by atoms with Crippen molar-refractivity contribution >= 4 is 15.9 Å². The van der Waals surface area contributed by atoms with Gasteiger partial charge in [0.15, 0.2) is 0 Å². The minimum absolute atomic E-state index is 0.0320. The number of rotatable bonds is 8. The molecule has 0 aromatic heterocycles. The standard InChI is InChI=1S/C24H39N3O3S/c1-19-15-20(2)17-26(16-19)12-6-11-25-24(28)22-9-13-27(14-10-22)31(29,30)18-23-8-5-4-7-21(23)3/h4-5,7-8,19-20,22H,6,9-18H2,1-3H3,(H,25,28)/t19-,20+. The van der Waals surface area contributed by atoms with Crippen molar-refractivity contribution in [1.29, 1.82) is 0 Å². The molecule has 0 aliphatic carbocycles. The summed E-state index contributed by atoms with van der Waals surface area (Å²) in [5.74, 6) is 1.54. The summed E-state index contributed by atoms with van der Waals surface area (Å²) in [6, 6.07) is 7.61. The van der Waals surface area contributed by atoms with E-state index < -0.39 is 10.0 Å². The largest absolute Gasteiger partial charge is 0.356 e. The molecule has 0 bridgehead atoms. The van der Waals surface area contributed by atoms with E-state index in [1.54, 1.807) is 4.31 Å². The molecule has 7 heteroatoms. The Hall–Kier alpha value is -1.44. The molecule has 1 amide bonds. The van der Waals surface area contributed by atoms with Crippen LogP contribution in [0.1, 0.15) is 50.7 Å². The first kappa shape index (κ1) is 24.2. The maximum atomic E-state index is 12.8. The topological polar surface area (TPSA) is 69.7 Å². The van der Waals surface area contributed by atoms with Crippen molar-refractivity contribution < 1.29 is 13.2 Å². The minimum atomic E-state index is -3.35. The van der Waals surface area contributed by atoms with E-state index in [1.165, 1.54) is 6.42 Å². The number of carbonyl (C=O) groups is 1. The molecule has 1 aromatic carbocycles. The monoisotopic (exact) mass is 449 g/mol. The van der Waals surface area contributed by atoms with Crippen molar-refractivity contribution in [3.63, 3.8) is 0 Å². The highest BCUT2D eigenvalue weighted by molar-refractivity contribution is 7.88. The lowest BCUT2D eigenvalue weighted by molar-refractivity contribution is -0.126. The van der Waals surface area contributed by atoms with Crippen molar-refractivity contribution in [3.05, 3.63) is 35.4 Å². The highest BCUT2D eigenvalue weighted by Gasteiger charge is 2.31. The van der Waals surface area contributed by atoms with Gasteiger partial charge in [0.2, 0.25) is 15.9 Å². The first-order valence-electron chi connectivity index (χ1n) is 11.8. The molecule has 0 spiro atoms. The van der Waals surface area contributed by atoms with Crippen molar-refractivity contribution in [2.24, 2.45) is 17.8 Å². The van der Waals surface area contributed by atoms with Gasteiger partial charge in [-0.2, -0.15) is 0 Å². The lowest BCUT2D eigenvalue weighted by atomic mass is 9.92. The molecule has 2 heterocycles. The van der Waals surface area contributed by atoms with Crippen molar-refractivity contribution in [2.45, 2.75) is 52.2 Å². The van der Waals surface area contributed by atoms with Gasteiger partial charge in [-0.15, -0.1) is 0 Å². The summed E-state index contributed by atoms with van der Waals surface area (Å²) < 4.78 is 27.2. The smallest absolute Gasteiger partial charge is 0.223 e. The second-order valence-electron chi connectivity index (χ2n) is 9.71. The third-order valence-electron chi connectivity index (χ3n) is 6.71. The molecule has 2 aliphatic rings. The van der Waals surface area contributed by atoms with E-state index in [4.69, 9.17) is 0 Å². The normalized spacial score (nSPS) is 24.2. The summed E-state index contributed by atoms with van der Waals surface area (Å²) in [7, 11) is -3.35. The van der Waals surface area contributed by atoms with Gasteiger partial charge in [-0.05, 0) is 62.1 Å². The Bertz CT molecular complexity index is 824. The number of nitrogens with one attached hydrogen (secondary N) is 1. The number of sulfonamides is 1. The molecule has 2 saturated heterocycles. The molecule has 6 nitrogen and oxygen atoms in total. The number of carbonyl (C=O) groups excluding carboxylic acids is 1. The van der Waals surface area contributed by atoms with Crippen molar-refractivity contribution in [2.75, 3.05) is 39.3 Å². The summed E-state index contributed by atoms with van der Waals surface area (Å²) in [6.45, 7) is 11.5. The second-order valence-corrected chi connectivity index (χ2v) is 11.7. The maximum absolute atomic E-state index is 12.8. The Labute approximate surface area is 188 Å². The van der Waals surface area contributed by atoms with Crippen LogP contribution in [0.25, 0.3) is 0 Å². The van der Waals surface area contributed by atoms with Gasteiger partial charge in [-0.3, -0.25) is 4.79 Å². The SMILES string of the molecule is Cc1ccccc1CS(=O)(=O)N1CCC(C(=O)NCCCN2C[C@H](C)C[C@H](C)C2)CC1. The minimum Gasteiger partial charge on any atom is -0.356 e. The van der Waals surface area contributed by atoms with Gasteiger partial charge in [-0.1, -0.05) is 38.1 Å². The zero-order chi connectivity index (χ0) is 22.4. The number of hydrogen-bond acceptors (Lipinski definition) is 4. The molecule has 2 aliphatic heterocycles. The highest BCUT2D eigenvalue weighted by atomic mass is 32.2. The fourth-order valence-corrected chi connectivity index (χ4v) is 6.76. The number of piperidine rings is 2. The zero-order valence-electron chi connectivity index (χ0n) is 19.3. The summed E-state index contributed by atoms with van der Waals surface area (Å²) in [6.07, 6.45) is 3.47. The third kappa shape index (κ3) is 7.02. The van der Waals surface area contributed by atoms with Gasteiger partial charge >= 0.3 is 0 Å². The van der Waals surface area contributed by atoms with Gasteiger partial charge in [0, 0.05) is 38.6 Å². The molecule has 2 fully saturated rings. The van der Waals surface area contributed by atoms with Gasteiger partial charge < -0.3 is 10.2 Å². The molecule has 0 radical (unpaired) electrons. The predicted molar refractivity (Wildman–Crippen MR) is 125 cm³/mol. The van der Waals surface area contributed by atoms with E-state index in [0.29, 0.717) is 32.5 Å². The van der Waals surface area contributed by atoms with Gasteiger partial charge in [0.05, 0.1) is 5.75 Å². The first-order chi connectivity index (χ1) is 14.7. The fraction of sp³-hybridized carbons (Fsp3) is 0.708. The Balaban J connectivity index is 1.38. The van der Waals surface area contributed by atoms with Crippen LogP contribution in [0.3, 0.4) is 0 Å². The number of hydrogen-bond donors (Lipinski definition) is 1. The van der Waals surface area contributed by atoms with Crippen LogP contribution in [-0.2, 0) is 20.6 Å². The fourth-order valence-electron chi connectivity index (χ4n) is 5.09. The number of amides is 1. The summed E-state index contributed by atoms with van der Waals surface area (Å²) in [4.78, 5) is 15.1. The molecule has 0 unspecified atom stereocenters. The van der Waals surface area contributed by atoms with E-state index in [-0.39, 0.29) is 17.6 Å². The van der Waals surface area contributed by atoms with Gasteiger partial charge in [0.1, 0.15) is 0 Å². The molecule has 174 valence electrons. The summed E-state index contributed by atoms with van der Waals surface area (Å²) >= 11 is 0.